The smallest absolute Gasteiger partial charge is 0.114 e. The van der Waals surface area contributed by atoms with Crippen LogP contribution in [0.15, 0.2) is 54.6 Å². The predicted octanol–water partition coefficient (Wildman–Crippen LogP) is 3.28. The van der Waals surface area contributed by atoms with Crippen LogP contribution >= 0.6 is 12.6 Å². The summed E-state index contributed by atoms with van der Waals surface area (Å²) >= 11 is 4.67. The van der Waals surface area contributed by atoms with E-state index in [0.717, 1.165) is 17.3 Å². The fraction of sp³-hybridized carbons (Fsp3) is 0.125. The van der Waals surface area contributed by atoms with E-state index in [4.69, 9.17) is 7.85 Å². The van der Waals surface area contributed by atoms with Crippen molar-refractivity contribution in [1.29, 1.82) is 0 Å². The van der Waals surface area contributed by atoms with Crippen LogP contribution in [0.1, 0.15) is 12.0 Å². The average molecular weight is 248 g/mol. The van der Waals surface area contributed by atoms with Crippen LogP contribution in [0, 0.1) is 0 Å². The van der Waals surface area contributed by atoms with Crippen LogP contribution in [-0.4, -0.2) is 13.1 Å². The Morgan fingerprint density at radius 3 is 2.67 bits per heavy atom. The Bertz CT molecular complexity index is 655. The Labute approximate surface area is 114 Å². The van der Waals surface area contributed by atoms with Gasteiger partial charge in [0.1, 0.15) is 7.85 Å². The van der Waals surface area contributed by atoms with Gasteiger partial charge in [-0.05, 0) is 28.3 Å². The minimum atomic E-state index is 0.266. The summed E-state index contributed by atoms with van der Waals surface area (Å²) in [4.78, 5) is 0. The van der Waals surface area contributed by atoms with Crippen molar-refractivity contribution in [2.45, 2.75) is 11.7 Å². The van der Waals surface area contributed by atoms with Gasteiger partial charge < -0.3 is 0 Å². The normalized spacial score (nSPS) is 18.9. The Kier molecular flexibility index (Phi) is 3.05. The molecule has 86 valence electrons. The second kappa shape index (κ2) is 4.70. The van der Waals surface area contributed by atoms with Gasteiger partial charge in [0.15, 0.2) is 0 Å². The maximum Gasteiger partial charge on any atom is 0.114 e. The first-order valence-electron chi connectivity index (χ1n) is 6.10. The van der Waals surface area contributed by atoms with Crippen molar-refractivity contribution in [2.24, 2.45) is 0 Å². The van der Waals surface area contributed by atoms with E-state index in [2.05, 4.69) is 55.1 Å². The first kappa shape index (κ1) is 11.7. The molecule has 0 saturated heterocycles. The van der Waals surface area contributed by atoms with Gasteiger partial charge in [-0.25, -0.2) is 0 Å². The zero-order valence-corrected chi connectivity index (χ0v) is 10.9. The summed E-state index contributed by atoms with van der Waals surface area (Å²) in [5.74, 6) is 0. The molecular weight excluding hydrogens is 235 g/mol. The minimum absolute atomic E-state index is 0.266. The summed E-state index contributed by atoms with van der Waals surface area (Å²) in [5.41, 5.74) is 3.35. The van der Waals surface area contributed by atoms with Gasteiger partial charge in [0, 0.05) is 5.25 Å². The molecule has 0 aliphatic heterocycles. The van der Waals surface area contributed by atoms with Crippen molar-refractivity contribution >= 4 is 42.3 Å². The highest BCUT2D eigenvalue weighted by Crippen LogP contribution is 2.32. The van der Waals surface area contributed by atoms with Gasteiger partial charge in [-0.15, -0.1) is 0 Å². The van der Waals surface area contributed by atoms with Crippen LogP contribution in [0.5, 0.6) is 0 Å². The average Bonchev–Trinajstić information content (AvgIpc) is 2.40. The van der Waals surface area contributed by atoms with E-state index >= 15 is 0 Å². The molecule has 2 aromatic rings. The third kappa shape index (κ3) is 1.91. The van der Waals surface area contributed by atoms with E-state index in [1.807, 2.05) is 12.1 Å². The Morgan fingerprint density at radius 2 is 1.83 bits per heavy atom. The number of fused-ring (bicyclic) bond motifs is 1. The topological polar surface area (TPSA) is 0 Å². The van der Waals surface area contributed by atoms with Crippen molar-refractivity contribution in [1.82, 2.24) is 0 Å². The summed E-state index contributed by atoms with van der Waals surface area (Å²) in [6.07, 6.45) is 7.39. The van der Waals surface area contributed by atoms with Gasteiger partial charge in [0.25, 0.3) is 0 Å². The molecule has 0 spiro atoms. The maximum atomic E-state index is 6.04. The monoisotopic (exact) mass is 248 g/mol. The number of benzene rings is 2. The quantitative estimate of drug-likeness (QED) is 0.581. The molecule has 2 heteroatoms. The first-order valence-corrected chi connectivity index (χ1v) is 6.61. The summed E-state index contributed by atoms with van der Waals surface area (Å²) in [5, 5.41) is 2.59. The molecule has 0 N–H and O–H groups in total. The second-order valence-electron chi connectivity index (χ2n) is 4.55. The molecule has 0 fully saturated rings. The Hall–Kier alpha value is -1.41. The van der Waals surface area contributed by atoms with Crippen LogP contribution in [0.3, 0.4) is 0 Å². The SMILES string of the molecule is [B]c1cccc2c(C3=CC=CCC3S)cccc12. The van der Waals surface area contributed by atoms with Gasteiger partial charge in [-0.3, -0.25) is 0 Å². The lowest BCUT2D eigenvalue weighted by Gasteiger charge is -2.19. The lowest BCUT2D eigenvalue weighted by Crippen LogP contribution is -2.07. The first-order chi connectivity index (χ1) is 8.77. The van der Waals surface area contributed by atoms with Gasteiger partial charge in [0.05, 0.1) is 0 Å². The predicted molar refractivity (Wildman–Crippen MR) is 83.8 cm³/mol. The lowest BCUT2D eigenvalue weighted by molar-refractivity contribution is 1.08. The van der Waals surface area contributed by atoms with Crippen LogP contribution in [0.4, 0.5) is 0 Å². The van der Waals surface area contributed by atoms with Gasteiger partial charge >= 0.3 is 0 Å². The highest BCUT2D eigenvalue weighted by Gasteiger charge is 2.15. The molecule has 0 nitrogen and oxygen atoms in total. The van der Waals surface area contributed by atoms with Crippen molar-refractivity contribution in [2.75, 3.05) is 0 Å². The number of rotatable bonds is 1. The van der Waals surface area contributed by atoms with Crippen LogP contribution in [-0.2, 0) is 0 Å². The highest BCUT2D eigenvalue weighted by atomic mass is 32.1. The maximum absolute atomic E-state index is 6.04. The Balaban J connectivity index is 2.27. The zero-order chi connectivity index (χ0) is 12.5. The highest BCUT2D eigenvalue weighted by molar-refractivity contribution is 7.81. The number of thiol groups is 1. The van der Waals surface area contributed by atoms with E-state index in [0.29, 0.717) is 0 Å². The van der Waals surface area contributed by atoms with Crippen LogP contribution in [0.25, 0.3) is 16.3 Å². The number of allylic oxidation sites excluding steroid dienone is 3. The number of hydrogen-bond donors (Lipinski definition) is 1. The molecule has 1 atom stereocenters. The molecule has 0 aromatic heterocycles. The molecular formula is C16H13BS. The molecule has 1 unspecified atom stereocenters. The van der Waals surface area contributed by atoms with E-state index in [-0.39, 0.29) is 5.25 Å². The van der Waals surface area contributed by atoms with E-state index in [1.54, 1.807) is 0 Å². The molecule has 18 heavy (non-hydrogen) atoms. The van der Waals surface area contributed by atoms with Crippen molar-refractivity contribution < 1.29 is 0 Å². The summed E-state index contributed by atoms with van der Waals surface area (Å²) < 4.78 is 0. The largest absolute Gasteiger partial charge is 0.171 e. The fourth-order valence-corrected chi connectivity index (χ4v) is 2.82. The third-order valence-corrected chi connectivity index (χ3v) is 3.89. The molecule has 2 radical (unpaired) electrons. The molecule has 0 amide bonds. The molecule has 1 aliphatic carbocycles. The third-order valence-electron chi connectivity index (χ3n) is 3.40. The number of hydrogen-bond acceptors (Lipinski definition) is 1. The molecule has 2 aromatic carbocycles. The van der Waals surface area contributed by atoms with Gasteiger partial charge in [-0.2, -0.15) is 12.6 Å². The van der Waals surface area contributed by atoms with E-state index in [1.165, 1.54) is 16.5 Å². The van der Waals surface area contributed by atoms with Crippen LogP contribution < -0.4 is 5.46 Å². The van der Waals surface area contributed by atoms with Gasteiger partial charge in [-0.1, -0.05) is 60.1 Å². The summed E-state index contributed by atoms with van der Waals surface area (Å²) in [7, 11) is 6.04. The Morgan fingerprint density at radius 1 is 1.06 bits per heavy atom. The minimum Gasteiger partial charge on any atom is -0.171 e. The molecule has 3 rings (SSSR count). The molecule has 0 bridgehead atoms. The van der Waals surface area contributed by atoms with E-state index < -0.39 is 0 Å². The standard InChI is InChI=1S/C16H13BS/c17-15-9-4-7-11-12(6-3-8-13(11)15)14-5-1-2-10-16(14)18/h1-9,16,18H,10H2. The van der Waals surface area contributed by atoms with Crippen molar-refractivity contribution in [3.8, 4) is 0 Å². The lowest BCUT2D eigenvalue weighted by atomic mass is 9.86. The van der Waals surface area contributed by atoms with Crippen molar-refractivity contribution in [3.05, 3.63) is 60.2 Å². The second-order valence-corrected chi connectivity index (χ2v) is 5.17. The zero-order valence-electron chi connectivity index (χ0n) is 10.0. The summed E-state index contributed by atoms with van der Waals surface area (Å²) in [6.45, 7) is 0. The van der Waals surface area contributed by atoms with Gasteiger partial charge in [0.2, 0.25) is 0 Å². The van der Waals surface area contributed by atoms with Crippen molar-refractivity contribution in [3.63, 3.8) is 0 Å². The summed E-state index contributed by atoms with van der Waals surface area (Å²) in [6, 6.07) is 12.4. The molecule has 1 aliphatic rings. The molecule has 0 heterocycles. The van der Waals surface area contributed by atoms with Crippen LogP contribution in [0.2, 0.25) is 0 Å². The fourth-order valence-electron chi connectivity index (χ4n) is 2.47. The van der Waals surface area contributed by atoms with E-state index in [9.17, 15) is 0 Å². The molecule has 0 saturated carbocycles.